The summed E-state index contributed by atoms with van der Waals surface area (Å²) >= 11 is 0. The predicted molar refractivity (Wildman–Crippen MR) is 86.8 cm³/mol. The van der Waals surface area contributed by atoms with E-state index in [1.54, 1.807) is 12.1 Å². The minimum absolute atomic E-state index is 0.0914. The number of hydrogen-bond acceptors (Lipinski definition) is 3. The van der Waals surface area contributed by atoms with Crippen LogP contribution in [0, 0.1) is 5.82 Å². The molecule has 0 radical (unpaired) electrons. The van der Waals surface area contributed by atoms with Crippen molar-refractivity contribution in [2.24, 2.45) is 0 Å². The van der Waals surface area contributed by atoms with Crippen LogP contribution in [0.3, 0.4) is 0 Å². The standard InChI is InChI=1S/C16H25FN2O2S/c1-16(2,3)14-9-13(10-15(17)11-14)12-18-5-7-19(8-6-18)22(4,20)21/h9-11H,5-8,12H2,1-4H3. The van der Waals surface area contributed by atoms with Crippen molar-refractivity contribution in [1.29, 1.82) is 0 Å². The zero-order valence-electron chi connectivity index (χ0n) is 13.8. The Labute approximate surface area is 133 Å². The number of sulfonamides is 1. The lowest BCUT2D eigenvalue weighted by Crippen LogP contribution is -2.47. The Morgan fingerprint density at radius 2 is 1.68 bits per heavy atom. The van der Waals surface area contributed by atoms with Gasteiger partial charge < -0.3 is 0 Å². The van der Waals surface area contributed by atoms with Crippen LogP contribution in [0.15, 0.2) is 18.2 Å². The number of rotatable bonds is 3. The molecule has 22 heavy (non-hydrogen) atoms. The zero-order valence-corrected chi connectivity index (χ0v) is 14.6. The molecule has 0 atom stereocenters. The minimum atomic E-state index is -3.11. The molecule has 0 bridgehead atoms. The summed E-state index contributed by atoms with van der Waals surface area (Å²) in [6.45, 7) is 9.20. The van der Waals surface area contributed by atoms with Gasteiger partial charge >= 0.3 is 0 Å². The van der Waals surface area contributed by atoms with Gasteiger partial charge in [-0.2, -0.15) is 4.31 Å². The zero-order chi connectivity index (χ0) is 16.5. The fraction of sp³-hybridized carbons (Fsp3) is 0.625. The maximum Gasteiger partial charge on any atom is 0.211 e. The lowest BCUT2D eigenvalue weighted by atomic mass is 9.86. The Kier molecular flexibility index (Phi) is 4.94. The highest BCUT2D eigenvalue weighted by Gasteiger charge is 2.23. The largest absolute Gasteiger partial charge is 0.296 e. The summed E-state index contributed by atoms with van der Waals surface area (Å²) in [5, 5.41) is 0. The first kappa shape index (κ1) is 17.4. The van der Waals surface area contributed by atoms with Crippen LogP contribution in [0.25, 0.3) is 0 Å². The molecule has 1 aliphatic heterocycles. The van der Waals surface area contributed by atoms with E-state index in [1.165, 1.54) is 10.6 Å². The van der Waals surface area contributed by atoms with Gasteiger partial charge in [-0.3, -0.25) is 4.90 Å². The first-order valence-corrected chi connectivity index (χ1v) is 9.38. The summed E-state index contributed by atoms with van der Waals surface area (Å²) in [6.07, 6.45) is 1.24. The van der Waals surface area contributed by atoms with Crippen molar-refractivity contribution >= 4 is 10.0 Å². The Morgan fingerprint density at radius 1 is 1.09 bits per heavy atom. The maximum absolute atomic E-state index is 13.8. The second-order valence-corrected chi connectivity index (χ2v) is 9.02. The molecule has 0 N–H and O–H groups in total. The van der Waals surface area contributed by atoms with Crippen molar-refractivity contribution in [3.63, 3.8) is 0 Å². The lowest BCUT2D eigenvalue weighted by molar-refractivity contribution is 0.182. The summed E-state index contributed by atoms with van der Waals surface area (Å²) in [5.41, 5.74) is 1.83. The predicted octanol–water partition coefficient (Wildman–Crippen LogP) is 2.20. The molecule has 1 aliphatic rings. The van der Waals surface area contributed by atoms with E-state index in [1.807, 2.05) is 6.07 Å². The summed E-state index contributed by atoms with van der Waals surface area (Å²) in [5.74, 6) is -0.211. The van der Waals surface area contributed by atoms with Gasteiger partial charge in [0.2, 0.25) is 10.0 Å². The molecule has 0 spiro atoms. The fourth-order valence-electron chi connectivity index (χ4n) is 2.65. The van der Waals surface area contributed by atoms with Crippen LogP contribution in [-0.4, -0.2) is 50.1 Å². The van der Waals surface area contributed by atoms with Crippen LogP contribution < -0.4 is 0 Å². The Balaban J connectivity index is 2.05. The van der Waals surface area contributed by atoms with Crippen LogP contribution in [-0.2, 0) is 22.0 Å². The molecule has 1 aromatic rings. The van der Waals surface area contributed by atoms with Gasteiger partial charge in [0.1, 0.15) is 5.82 Å². The average Bonchev–Trinajstić information content (AvgIpc) is 2.36. The Morgan fingerprint density at radius 3 is 2.18 bits per heavy atom. The average molecular weight is 328 g/mol. The number of halogens is 1. The maximum atomic E-state index is 13.8. The molecule has 1 heterocycles. The number of hydrogen-bond donors (Lipinski definition) is 0. The smallest absolute Gasteiger partial charge is 0.211 e. The number of nitrogens with zero attached hydrogens (tertiary/aromatic N) is 2. The van der Waals surface area contributed by atoms with Crippen LogP contribution in [0.2, 0.25) is 0 Å². The van der Waals surface area contributed by atoms with Gasteiger partial charge in [0, 0.05) is 32.7 Å². The molecule has 0 unspecified atom stereocenters. The third-order valence-corrected chi connectivity index (χ3v) is 5.33. The molecule has 0 saturated carbocycles. The van der Waals surface area contributed by atoms with Crippen molar-refractivity contribution in [3.05, 3.63) is 35.1 Å². The summed E-state index contributed by atoms with van der Waals surface area (Å²) < 4.78 is 38.3. The highest BCUT2D eigenvalue weighted by atomic mass is 32.2. The van der Waals surface area contributed by atoms with E-state index in [4.69, 9.17) is 0 Å². The summed E-state index contributed by atoms with van der Waals surface area (Å²) in [6, 6.07) is 5.20. The molecule has 0 amide bonds. The van der Waals surface area contributed by atoms with E-state index in [9.17, 15) is 12.8 Å². The van der Waals surface area contributed by atoms with E-state index in [0.717, 1.165) is 11.1 Å². The summed E-state index contributed by atoms with van der Waals surface area (Å²) in [7, 11) is -3.11. The molecule has 1 aromatic carbocycles. The monoisotopic (exact) mass is 328 g/mol. The van der Waals surface area contributed by atoms with Crippen LogP contribution in [0.5, 0.6) is 0 Å². The third-order valence-electron chi connectivity index (χ3n) is 4.03. The highest BCUT2D eigenvalue weighted by molar-refractivity contribution is 7.88. The van der Waals surface area contributed by atoms with Crippen LogP contribution in [0.1, 0.15) is 31.9 Å². The molecule has 0 aromatic heterocycles. The number of piperazine rings is 1. The number of benzene rings is 1. The molecule has 1 fully saturated rings. The minimum Gasteiger partial charge on any atom is -0.296 e. The van der Waals surface area contributed by atoms with Crippen LogP contribution >= 0.6 is 0 Å². The van der Waals surface area contributed by atoms with E-state index in [-0.39, 0.29) is 11.2 Å². The van der Waals surface area contributed by atoms with Gasteiger partial charge in [-0.15, -0.1) is 0 Å². The Hall–Kier alpha value is -0.980. The van der Waals surface area contributed by atoms with Gasteiger partial charge in [-0.1, -0.05) is 26.8 Å². The molecule has 4 nitrogen and oxygen atoms in total. The molecule has 1 saturated heterocycles. The lowest BCUT2D eigenvalue weighted by Gasteiger charge is -2.33. The van der Waals surface area contributed by atoms with Gasteiger partial charge in [0.25, 0.3) is 0 Å². The Bertz CT molecular complexity index is 630. The fourth-order valence-corrected chi connectivity index (χ4v) is 3.48. The normalized spacial score (nSPS) is 18.6. The summed E-state index contributed by atoms with van der Waals surface area (Å²) in [4.78, 5) is 2.17. The van der Waals surface area contributed by atoms with Gasteiger partial charge in [-0.05, 0) is 28.7 Å². The van der Waals surface area contributed by atoms with Crippen molar-refractivity contribution < 1.29 is 12.8 Å². The quantitative estimate of drug-likeness (QED) is 0.854. The van der Waals surface area contributed by atoms with E-state index in [0.29, 0.717) is 32.7 Å². The second-order valence-electron chi connectivity index (χ2n) is 7.04. The van der Waals surface area contributed by atoms with Crippen molar-refractivity contribution in [2.75, 3.05) is 32.4 Å². The van der Waals surface area contributed by atoms with Gasteiger partial charge in [-0.25, -0.2) is 12.8 Å². The van der Waals surface area contributed by atoms with E-state index >= 15 is 0 Å². The van der Waals surface area contributed by atoms with E-state index in [2.05, 4.69) is 25.7 Å². The van der Waals surface area contributed by atoms with E-state index < -0.39 is 10.0 Å². The molecular weight excluding hydrogens is 303 g/mol. The topological polar surface area (TPSA) is 40.6 Å². The van der Waals surface area contributed by atoms with Crippen molar-refractivity contribution in [2.45, 2.75) is 32.7 Å². The SMILES string of the molecule is CC(C)(C)c1cc(F)cc(CN2CCN(S(C)(=O)=O)CC2)c1. The second kappa shape index (κ2) is 6.26. The van der Waals surface area contributed by atoms with Crippen molar-refractivity contribution in [3.8, 4) is 0 Å². The highest BCUT2D eigenvalue weighted by Crippen LogP contribution is 2.25. The first-order valence-electron chi connectivity index (χ1n) is 7.53. The third kappa shape index (κ3) is 4.51. The van der Waals surface area contributed by atoms with Gasteiger partial charge in [0.05, 0.1) is 6.26 Å². The molecule has 6 heteroatoms. The molecule has 2 rings (SSSR count). The molecule has 0 aliphatic carbocycles. The van der Waals surface area contributed by atoms with Gasteiger partial charge in [0.15, 0.2) is 0 Å². The van der Waals surface area contributed by atoms with Crippen LogP contribution in [0.4, 0.5) is 4.39 Å². The molecule has 124 valence electrons. The first-order chi connectivity index (χ1) is 10.1. The van der Waals surface area contributed by atoms with Crippen molar-refractivity contribution in [1.82, 2.24) is 9.21 Å². The molecular formula is C16H25FN2O2S.